The van der Waals surface area contributed by atoms with Crippen LogP contribution >= 0.6 is 8.60 Å². The van der Waals surface area contributed by atoms with Crippen LogP contribution in [0.4, 0.5) is 0 Å². The molecule has 3 rings (SSSR count). The molecule has 104 valence electrons. The third-order valence-corrected chi connectivity index (χ3v) is 4.72. The molecule has 0 amide bonds. The molecule has 0 N–H and O–H groups in total. The fourth-order valence-corrected chi connectivity index (χ4v) is 3.96. The van der Waals surface area contributed by atoms with Gasteiger partial charge in [-0.05, 0) is 0 Å². The van der Waals surface area contributed by atoms with Crippen LogP contribution in [-0.4, -0.2) is 44.7 Å². The Hall–Kier alpha value is 0.230. The van der Waals surface area contributed by atoms with Crippen molar-refractivity contribution in [2.45, 2.75) is 39.1 Å². The highest BCUT2D eigenvalue weighted by Gasteiger charge is 2.48. The molecule has 18 heavy (non-hydrogen) atoms. The molecule has 0 aliphatic carbocycles. The zero-order chi connectivity index (χ0) is 12.8. The summed E-state index contributed by atoms with van der Waals surface area (Å²) in [6.07, 6.45) is 0.170. The first-order chi connectivity index (χ1) is 8.55. The Kier molecular flexibility index (Phi) is 3.65. The maximum absolute atomic E-state index is 5.88. The normalized spacial score (nSPS) is 44.2. The van der Waals surface area contributed by atoms with Crippen molar-refractivity contribution in [3.05, 3.63) is 0 Å². The smallest absolute Gasteiger partial charge is 0.333 e. The highest BCUT2D eigenvalue weighted by molar-refractivity contribution is 7.41. The molecule has 3 aliphatic heterocycles. The molecule has 3 heterocycles. The zero-order valence-electron chi connectivity index (χ0n) is 11.1. The number of hydrogen-bond donors (Lipinski definition) is 0. The first-order valence-electron chi connectivity index (χ1n) is 6.51. The van der Waals surface area contributed by atoms with E-state index in [2.05, 4.69) is 20.8 Å². The van der Waals surface area contributed by atoms with Gasteiger partial charge in [-0.3, -0.25) is 0 Å². The molecule has 3 fully saturated rings. The van der Waals surface area contributed by atoms with Gasteiger partial charge in [-0.25, -0.2) is 0 Å². The Labute approximate surface area is 109 Å². The van der Waals surface area contributed by atoms with E-state index in [0.717, 1.165) is 6.61 Å². The summed E-state index contributed by atoms with van der Waals surface area (Å²) >= 11 is 0. The summed E-state index contributed by atoms with van der Waals surface area (Å²) in [5.41, 5.74) is 0.0786. The Morgan fingerprint density at radius 3 is 2.44 bits per heavy atom. The van der Waals surface area contributed by atoms with E-state index in [1.807, 2.05) is 0 Å². The van der Waals surface area contributed by atoms with Crippen LogP contribution < -0.4 is 0 Å². The van der Waals surface area contributed by atoms with Crippen LogP contribution in [0.5, 0.6) is 0 Å². The Balaban J connectivity index is 1.52. The van der Waals surface area contributed by atoms with Crippen LogP contribution in [0.2, 0.25) is 0 Å². The molecule has 0 spiro atoms. The van der Waals surface area contributed by atoms with Crippen molar-refractivity contribution in [3.8, 4) is 0 Å². The second-order valence-electron chi connectivity index (χ2n) is 6.15. The summed E-state index contributed by atoms with van der Waals surface area (Å²) in [5, 5.41) is 0. The average Bonchev–Trinajstić information content (AvgIpc) is 2.87. The summed E-state index contributed by atoms with van der Waals surface area (Å²) < 4.78 is 28.6. The third kappa shape index (κ3) is 2.58. The highest BCUT2D eigenvalue weighted by atomic mass is 31.2. The minimum Gasteiger partial charge on any atom is -0.372 e. The van der Waals surface area contributed by atoms with E-state index in [-0.39, 0.29) is 23.7 Å². The quantitative estimate of drug-likeness (QED) is 0.723. The molecule has 0 radical (unpaired) electrons. The predicted molar refractivity (Wildman–Crippen MR) is 66.1 cm³/mol. The molecule has 0 aromatic heterocycles. The zero-order valence-corrected chi connectivity index (χ0v) is 12.0. The molecule has 0 bridgehead atoms. The van der Waals surface area contributed by atoms with E-state index in [1.54, 1.807) is 0 Å². The SMILES string of the molecule is CC1COC2C(OP3OCC(C)(C)CO3)COC12. The minimum atomic E-state index is -1.24. The number of ether oxygens (including phenoxy) is 2. The van der Waals surface area contributed by atoms with Crippen LogP contribution in [0.25, 0.3) is 0 Å². The van der Waals surface area contributed by atoms with Crippen molar-refractivity contribution < 1.29 is 23.0 Å². The van der Waals surface area contributed by atoms with E-state index in [0.29, 0.717) is 25.7 Å². The van der Waals surface area contributed by atoms with Gasteiger partial charge in [0.1, 0.15) is 12.2 Å². The lowest BCUT2D eigenvalue weighted by molar-refractivity contribution is -0.0156. The van der Waals surface area contributed by atoms with Crippen molar-refractivity contribution in [2.75, 3.05) is 26.4 Å². The monoisotopic (exact) mass is 276 g/mol. The van der Waals surface area contributed by atoms with E-state index >= 15 is 0 Å². The van der Waals surface area contributed by atoms with Crippen LogP contribution in [0, 0.1) is 11.3 Å². The highest BCUT2D eigenvalue weighted by Crippen LogP contribution is 2.49. The average molecular weight is 276 g/mol. The summed E-state index contributed by atoms with van der Waals surface area (Å²) in [6.45, 7) is 9.08. The fourth-order valence-electron chi connectivity index (χ4n) is 2.45. The second kappa shape index (κ2) is 4.97. The van der Waals surface area contributed by atoms with Crippen molar-refractivity contribution >= 4 is 8.60 Å². The lowest BCUT2D eigenvalue weighted by Crippen LogP contribution is -2.33. The summed E-state index contributed by atoms with van der Waals surface area (Å²) in [7, 11) is -1.24. The molecule has 5 nitrogen and oxygen atoms in total. The maximum Gasteiger partial charge on any atom is 0.333 e. The topological polar surface area (TPSA) is 46.2 Å². The molecule has 0 saturated carbocycles. The largest absolute Gasteiger partial charge is 0.372 e. The standard InChI is InChI=1S/C12H21O5P/c1-8-4-13-11-9(5-14-10(8)11)17-18-15-6-12(2,3)7-16-18/h8-11H,4-7H2,1-3H3. The van der Waals surface area contributed by atoms with Crippen LogP contribution in [0.1, 0.15) is 20.8 Å². The number of hydrogen-bond acceptors (Lipinski definition) is 5. The molecule has 3 saturated heterocycles. The summed E-state index contributed by atoms with van der Waals surface area (Å²) in [6, 6.07) is 0. The molecule has 0 aromatic rings. The van der Waals surface area contributed by atoms with Gasteiger partial charge in [0.25, 0.3) is 0 Å². The van der Waals surface area contributed by atoms with Crippen molar-refractivity contribution in [2.24, 2.45) is 11.3 Å². The maximum atomic E-state index is 5.88. The molecule has 4 atom stereocenters. The molecular weight excluding hydrogens is 255 g/mol. The third-order valence-electron chi connectivity index (χ3n) is 3.60. The van der Waals surface area contributed by atoms with Gasteiger partial charge in [0.2, 0.25) is 0 Å². The van der Waals surface area contributed by atoms with Gasteiger partial charge < -0.3 is 23.0 Å². The second-order valence-corrected chi connectivity index (χ2v) is 7.33. The predicted octanol–water partition coefficient (Wildman–Crippen LogP) is 2.11. The van der Waals surface area contributed by atoms with E-state index in [4.69, 9.17) is 23.0 Å². The Bertz CT molecular complexity index is 301. The van der Waals surface area contributed by atoms with Crippen LogP contribution in [-0.2, 0) is 23.0 Å². The summed E-state index contributed by atoms with van der Waals surface area (Å²) in [4.78, 5) is 0. The van der Waals surface area contributed by atoms with Gasteiger partial charge in [-0.2, -0.15) is 0 Å². The van der Waals surface area contributed by atoms with Crippen molar-refractivity contribution in [1.29, 1.82) is 0 Å². The van der Waals surface area contributed by atoms with Crippen LogP contribution in [0.15, 0.2) is 0 Å². The Morgan fingerprint density at radius 1 is 1.06 bits per heavy atom. The van der Waals surface area contributed by atoms with E-state index < -0.39 is 8.60 Å². The first kappa shape index (κ1) is 13.2. The molecule has 4 unspecified atom stereocenters. The van der Waals surface area contributed by atoms with Crippen molar-refractivity contribution in [3.63, 3.8) is 0 Å². The molecule has 6 heteroatoms. The number of rotatable bonds is 2. The molecule has 0 aromatic carbocycles. The lowest BCUT2D eigenvalue weighted by Gasteiger charge is -2.34. The van der Waals surface area contributed by atoms with E-state index in [1.165, 1.54) is 0 Å². The van der Waals surface area contributed by atoms with Crippen LogP contribution in [0.3, 0.4) is 0 Å². The lowest BCUT2D eigenvalue weighted by atomic mass is 9.97. The molecular formula is C12H21O5P. The first-order valence-corrected chi connectivity index (χ1v) is 7.61. The van der Waals surface area contributed by atoms with Gasteiger partial charge in [-0.1, -0.05) is 20.8 Å². The fraction of sp³-hybridized carbons (Fsp3) is 1.00. The van der Waals surface area contributed by atoms with Gasteiger partial charge in [0, 0.05) is 11.3 Å². The van der Waals surface area contributed by atoms with Gasteiger partial charge in [0.05, 0.1) is 32.5 Å². The van der Waals surface area contributed by atoms with Gasteiger partial charge >= 0.3 is 8.60 Å². The Morgan fingerprint density at radius 2 is 1.72 bits per heavy atom. The minimum absolute atomic E-state index is 0.0460. The van der Waals surface area contributed by atoms with Gasteiger partial charge in [-0.15, -0.1) is 0 Å². The van der Waals surface area contributed by atoms with Gasteiger partial charge in [0.15, 0.2) is 0 Å². The van der Waals surface area contributed by atoms with E-state index in [9.17, 15) is 0 Å². The molecule has 3 aliphatic rings. The summed E-state index contributed by atoms with van der Waals surface area (Å²) in [5.74, 6) is 0.448. The number of fused-ring (bicyclic) bond motifs is 1. The van der Waals surface area contributed by atoms with Crippen molar-refractivity contribution in [1.82, 2.24) is 0 Å².